The van der Waals surface area contributed by atoms with Gasteiger partial charge >= 0.3 is 6.03 Å². The van der Waals surface area contributed by atoms with E-state index in [9.17, 15) is 4.79 Å². The van der Waals surface area contributed by atoms with Crippen LogP contribution in [0, 0.1) is 0 Å². The van der Waals surface area contributed by atoms with Gasteiger partial charge in [0.15, 0.2) is 0 Å². The molecule has 76 valence electrons. The Morgan fingerprint density at radius 2 is 1.38 bits per heavy atom. The topological polar surface area (TPSA) is 112 Å². The number of urea groups is 1. The fraction of sp³-hybridized carbons (Fsp3) is 0.250. The van der Waals surface area contributed by atoms with E-state index in [1.54, 1.807) is 0 Å². The Bertz CT molecular complexity index is 163. The number of amides is 3. The summed E-state index contributed by atoms with van der Waals surface area (Å²) in [5.74, 6) is -0.481. The van der Waals surface area contributed by atoms with Crippen LogP contribution in [0.2, 0.25) is 0 Å². The van der Waals surface area contributed by atoms with Gasteiger partial charge in [-0.25, -0.2) is 4.79 Å². The number of primary amides is 3. The van der Waals surface area contributed by atoms with Gasteiger partial charge in [-0.2, -0.15) is 0 Å². The van der Waals surface area contributed by atoms with E-state index >= 15 is 0 Å². The van der Waals surface area contributed by atoms with Gasteiger partial charge in [0.2, 0.25) is 5.91 Å². The second kappa shape index (κ2) is 16.7. The molecule has 0 rings (SSSR count). The van der Waals surface area contributed by atoms with Crippen molar-refractivity contribution in [3.05, 3.63) is 25.3 Å². The predicted octanol–water partition coefficient (Wildman–Crippen LogP) is 0.264. The minimum absolute atomic E-state index is 0.481. The summed E-state index contributed by atoms with van der Waals surface area (Å²) in [7, 11) is 0. The molecule has 0 aliphatic carbocycles. The molecular formula is C8H17N3O2. The maximum Gasteiger partial charge on any atom is 0.309 e. The molecule has 0 spiro atoms. The smallest absolute Gasteiger partial charge is 0.309 e. The third-order valence-electron chi connectivity index (χ3n) is 0.490. The molecule has 0 heterocycles. The number of carbonyl (C=O) groups excluding carboxylic acids is 2. The predicted molar refractivity (Wildman–Crippen MR) is 53.7 cm³/mol. The van der Waals surface area contributed by atoms with Crippen molar-refractivity contribution in [2.75, 3.05) is 0 Å². The van der Waals surface area contributed by atoms with Crippen molar-refractivity contribution >= 4 is 11.9 Å². The van der Waals surface area contributed by atoms with Crippen LogP contribution < -0.4 is 17.2 Å². The van der Waals surface area contributed by atoms with Crippen molar-refractivity contribution in [2.24, 2.45) is 17.2 Å². The van der Waals surface area contributed by atoms with Crippen LogP contribution in [0.25, 0.3) is 0 Å². The van der Waals surface area contributed by atoms with Gasteiger partial charge in [-0.05, 0) is 12.5 Å². The summed E-state index contributed by atoms with van der Waals surface area (Å²) in [5, 5.41) is 0. The molecular weight excluding hydrogens is 170 g/mol. The number of nitrogens with two attached hydrogens (primary N) is 3. The van der Waals surface area contributed by atoms with E-state index in [2.05, 4.69) is 37.3 Å². The van der Waals surface area contributed by atoms with Gasteiger partial charge < -0.3 is 17.2 Å². The highest BCUT2D eigenvalue weighted by molar-refractivity contribution is 5.84. The summed E-state index contributed by atoms with van der Waals surface area (Å²) >= 11 is 0. The zero-order valence-corrected chi connectivity index (χ0v) is 7.82. The SMILES string of the molecule is C=CC(N)=O.C=CCC.NC(N)=O. The van der Waals surface area contributed by atoms with Crippen molar-refractivity contribution < 1.29 is 9.59 Å². The van der Waals surface area contributed by atoms with Gasteiger partial charge in [0.25, 0.3) is 0 Å². The summed E-state index contributed by atoms with van der Waals surface area (Å²) in [6.45, 7) is 8.63. The molecule has 0 aliphatic heterocycles. The third kappa shape index (κ3) is 464. The lowest BCUT2D eigenvalue weighted by Gasteiger charge is -1.65. The van der Waals surface area contributed by atoms with Crippen molar-refractivity contribution in [3.63, 3.8) is 0 Å². The van der Waals surface area contributed by atoms with Gasteiger partial charge in [0, 0.05) is 0 Å². The molecule has 0 aromatic carbocycles. The Morgan fingerprint density at radius 3 is 1.38 bits per heavy atom. The van der Waals surface area contributed by atoms with Crippen LogP contribution in [-0.4, -0.2) is 11.9 Å². The van der Waals surface area contributed by atoms with Gasteiger partial charge in [-0.3, -0.25) is 4.79 Å². The molecule has 0 aliphatic rings. The Balaban J connectivity index is -0.000000117. The summed E-state index contributed by atoms with van der Waals surface area (Å²) in [5.41, 5.74) is 13.0. The lowest BCUT2D eigenvalue weighted by Crippen LogP contribution is -2.18. The molecule has 13 heavy (non-hydrogen) atoms. The third-order valence-corrected chi connectivity index (χ3v) is 0.490. The largest absolute Gasteiger partial charge is 0.366 e. The first-order valence-corrected chi connectivity index (χ1v) is 3.49. The number of allylic oxidation sites excluding steroid dienone is 1. The van der Waals surface area contributed by atoms with Crippen molar-refractivity contribution in [3.8, 4) is 0 Å². The van der Waals surface area contributed by atoms with Crippen LogP contribution in [0.4, 0.5) is 4.79 Å². The molecule has 0 aromatic rings. The summed E-state index contributed by atoms with van der Waals surface area (Å²) in [4.78, 5) is 18.5. The minimum atomic E-state index is -0.833. The molecule has 0 fully saturated rings. The molecule has 6 N–H and O–H groups in total. The Kier molecular flexibility index (Phi) is 22.2. The van der Waals surface area contributed by atoms with Crippen molar-refractivity contribution in [2.45, 2.75) is 13.3 Å². The van der Waals surface area contributed by atoms with Crippen LogP contribution in [-0.2, 0) is 4.79 Å². The van der Waals surface area contributed by atoms with Crippen LogP contribution in [0.3, 0.4) is 0 Å². The quantitative estimate of drug-likeness (QED) is 0.425. The number of hydrogen-bond donors (Lipinski definition) is 3. The summed E-state index contributed by atoms with van der Waals surface area (Å²) < 4.78 is 0. The Hall–Kier alpha value is -1.78. The van der Waals surface area contributed by atoms with Crippen molar-refractivity contribution in [1.82, 2.24) is 0 Å². The van der Waals surface area contributed by atoms with E-state index in [0.29, 0.717) is 0 Å². The fourth-order valence-corrected chi connectivity index (χ4v) is 0. The molecule has 0 atom stereocenters. The van der Waals surface area contributed by atoms with E-state index in [0.717, 1.165) is 12.5 Å². The first kappa shape index (κ1) is 17.3. The highest BCUT2D eigenvalue weighted by atomic mass is 16.2. The maximum atomic E-state index is 9.47. The van der Waals surface area contributed by atoms with Gasteiger partial charge in [0.05, 0.1) is 0 Å². The average Bonchev–Trinajstić information content (AvgIpc) is 2.04. The van der Waals surface area contributed by atoms with Crippen LogP contribution in [0.15, 0.2) is 25.3 Å². The molecule has 3 amide bonds. The van der Waals surface area contributed by atoms with E-state index in [1.165, 1.54) is 0 Å². The fourth-order valence-electron chi connectivity index (χ4n) is 0. The first-order valence-electron chi connectivity index (χ1n) is 3.49. The molecule has 0 unspecified atom stereocenters. The van der Waals surface area contributed by atoms with Gasteiger partial charge in [0.1, 0.15) is 0 Å². The Labute approximate surface area is 78.3 Å². The summed E-state index contributed by atoms with van der Waals surface area (Å²) in [6, 6.07) is -0.833. The maximum absolute atomic E-state index is 9.47. The average molecular weight is 187 g/mol. The molecule has 5 nitrogen and oxygen atoms in total. The highest BCUT2D eigenvalue weighted by Crippen LogP contribution is 1.66. The molecule has 0 radical (unpaired) electrons. The molecule has 0 saturated heterocycles. The highest BCUT2D eigenvalue weighted by Gasteiger charge is 1.69. The molecule has 0 bridgehead atoms. The first-order chi connectivity index (χ1) is 5.92. The van der Waals surface area contributed by atoms with Gasteiger partial charge in [-0.1, -0.05) is 19.6 Å². The number of hydrogen-bond acceptors (Lipinski definition) is 2. The van der Waals surface area contributed by atoms with Gasteiger partial charge in [-0.15, -0.1) is 6.58 Å². The molecule has 0 saturated carbocycles. The van der Waals surface area contributed by atoms with E-state index in [1.807, 2.05) is 6.08 Å². The van der Waals surface area contributed by atoms with Crippen LogP contribution in [0.1, 0.15) is 13.3 Å². The lowest BCUT2D eigenvalue weighted by atomic mass is 10.5. The second-order valence-corrected chi connectivity index (χ2v) is 1.71. The van der Waals surface area contributed by atoms with Crippen LogP contribution >= 0.6 is 0 Å². The Morgan fingerprint density at radius 1 is 1.23 bits per heavy atom. The van der Waals surface area contributed by atoms with Crippen molar-refractivity contribution in [1.29, 1.82) is 0 Å². The van der Waals surface area contributed by atoms with Crippen LogP contribution in [0.5, 0.6) is 0 Å². The zero-order valence-electron chi connectivity index (χ0n) is 7.82. The molecule has 5 heteroatoms. The lowest BCUT2D eigenvalue weighted by molar-refractivity contribution is -0.113. The zero-order chi connectivity index (χ0) is 11.3. The van der Waals surface area contributed by atoms with E-state index in [4.69, 9.17) is 4.79 Å². The second-order valence-electron chi connectivity index (χ2n) is 1.71. The normalized spacial score (nSPS) is 6.23. The minimum Gasteiger partial charge on any atom is -0.366 e. The summed E-state index contributed by atoms with van der Waals surface area (Å²) in [6.07, 6.45) is 4.01. The standard InChI is InChI=1S/C4H8.C3H5NO.CH4N2O/c1-3-4-2;1-2-3(4)5;2-1(3)4/h3H,1,4H2,2H3;2H,1H2,(H2,4,5);(H4,2,3,4). The monoisotopic (exact) mass is 187 g/mol. The number of rotatable bonds is 2. The van der Waals surface area contributed by atoms with E-state index < -0.39 is 11.9 Å². The number of carbonyl (C=O) groups is 2. The molecule has 0 aromatic heterocycles. The van der Waals surface area contributed by atoms with E-state index in [-0.39, 0.29) is 0 Å².